The number of nitrogens with zero attached hydrogens (tertiary/aromatic N) is 1. The average Bonchev–Trinajstić information content (AvgIpc) is 2.56. The van der Waals surface area contributed by atoms with Crippen LogP contribution in [0.3, 0.4) is 0 Å². The van der Waals surface area contributed by atoms with Gasteiger partial charge in [0, 0.05) is 19.2 Å². The van der Waals surface area contributed by atoms with E-state index in [2.05, 4.69) is 4.74 Å². The first kappa shape index (κ1) is 17.5. The van der Waals surface area contributed by atoms with Gasteiger partial charge in [-0.2, -0.15) is 0 Å². The zero-order valence-corrected chi connectivity index (χ0v) is 13.3. The number of methoxy groups -OCH3 is 1. The zero-order chi connectivity index (χ0) is 17.7. The van der Waals surface area contributed by atoms with E-state index in [4.69, 9.17) is 0 Å². The number of ether oxygens (including phenoxy) is 1. The number of hydrogen-bond acceptors (Lipinski definition) is 4. The number of carbonyl (C=O) groups excluding carboxylic acids is 1. The second-order valence-corrected chi connectivity index (χ2v) is 5.70. The molecule has 0 spiro atoms. The van der Waals surface area contributed by atoms with E-state index in [0.29, 0.717) is 5.57 Å². The van der Waals surface area contributed by atoms with Crippen LogP contribution < -0.4 is 0 Å². The fourth-order valence-electron chi connectivity index (χ4n) is 2.97. The molecule has 128 valence electrons. The lowest BCUT2D eigenvalue weighted by Gasteiger charge is -2.41. The Hall–Kier alpha value is -2.83. The van der Waals surface area contributed by atoms with Crippen LogP contribution in [0.15, 0.2) is 42.0 Å². The van der Waals surface area contributed by atoms with Gasteiger partial charge in [0.15, 0.2) is 0 Å². The Bertz CT molecular complexity index is 669. The lowest BCUT2D eigenvalue weighted by Crippen LogP contribution is -2.52. The molecule has 24 heavy (non-hydrogen) atoms. The zero-order valence-electron chi connectivity index (χ0n) is 13.3. The van der Waals surface area contributed by atoms with Crippen molar-refractivity contribution in [1.82, 2.24) is 4.90 Å². The number of piperidine rings is 1. The van der Waals surface area contributed by atoms with E-state index in [0.717, 1.165) is 10.5 Å². The SMILES string of the molecule is COC(=O)C=C1CCN(C(=O)O)CC1(Cc1ccccc1)C(=O)O. The first-order valence-corrected chi connectivity index (χ1v) is 7.43. The Morgan fingerprint density at radius 2 is 1.92 bits per heavy atom. The van der Waals surface area contributed by atoms with Crippen molar-refractivity contribution in [3.8, 4) is 0 Å². The molecule has 0 saturated carbocycles. The van der Waals surface area contributed by atoms with Gasteiger partial charge in [-0.05, 0) is 24.0 Å². The van der Waals surface area contributed by atoms with Crippen LogP contribution >= 0.6 is 0 Å². The monoisotopic (exact) mass is 333 g/mol. The van der Waals surface area contributed by atoms with Crippen molar-refractivity contribution in [3.05, 3.63) is 47.5 Å². The maximum atomic E-state index is 12.1. The summed E-state index contributed by atoms with van der Waals surface area (Å²) in [6.45, 7) is -0.0721. The molecule has 1 heterocycles. The van der Waals surface area contributed by atoms with Crippen molar-refractivity contribution < 1.29 is 29.3 Å². The number of carboxylic acid groups (broad SMARTS) is 2. The Morgan fingerprint density at radius 1 is 1.25 bits per heavy atom. The minimum atomic E-state index is -1.49. The van der Waals surface area contributed by atoms with Gasteiger partial charge in [-0.1, -0.05) is 30.3 Å². The third-order valence-electron chi connectivity index (χ3n) is 4.25. The average molecular weight is 333 g/mol. The molecule has 0 bridgehead atoms. The number of hydrogen-bond donors (Lipinski definition) is 2. The van der Waals surface area contributed by atoms with E-state index in [9.17, 15) is 24.6 Å². The quantitative estimate of drug-likeness (QED) is 0.643. The summed E-state index contributed by atoms with van der Waals surface area (Å²) in [4.78, 5) is 36.2. The molecular formula is C17H19NO6. The van der Waals surface area contributed by atoms with Crippen molar-refractivity contribution in [2.24, 2.45) is 5.41 Å². The minimum absolute atomic E-state index is 0.0930. The predicted molar refractivity (Wildman–Crippen MR) is 84.5 cm³/mol. The molecule has 1 unspecified atom stereocenters. The molecule has 1 aromatic carbocycles. The van der Waals surface area contributed by atoms with E-state index in [1.165, 1.54) is 13.2 Å². The van der Waals surface area contributed by atoms with Crippen molar-refractivity contribution in [3.63, 3.8) is 0 Å². The Morgan fingerprint density at radius 3 is 2.46 bits per heavy atom. The summed E-state index contributed by atoms with van der Waals surface area (Å²) in [7, 11) is 1.21. The van der Waals surface area contributed by atoms with E-state index >= 15 is 0 Å². The Labute approximate surface area is 139 Å². The molecule has 2 N–H and O–H groups in total. The van der Waals surface area contributed by atoms with Gasteiger partial charge >= 0.3 is 18.0 Å². The van der Waals surface area contributed by atoms with Gasteiger partial charge in [0.1, 0.15) is 5.41 Å². The maximum Gasteiger partial charge on any atom is 0.407 e. The van der Waals surface area contributed by atoms with E-state index in [1.54, 1.807) is 24.3 Å². The number of amides is 1. The largest absolute Gasteiger partial charge is 0.481 e. The second kappa shape index (κ2) is 7.16. The normalized spacial score (nSPS) is 22.2. The van der Waals surface area contributed by atoms with Crippen LogP contribution in [0.5, 0.6) is 0 Å². The minimum Gasteiger partial charge on any atom is -0.481 e. The predicted octanol–water partition coefficient (Wildman–Crippen LogP) is 1.78. The fraction of sp³-hybridized carbons (Fsp3) is 0.353. The molecule has 1 aromatic rings. The third kappa shape index (κ3) is 3.56. The van der Waals surface area contributed by atoms with Crippen molar-refractivity contribution >= 4 is 18.0 Å². The third-order valence-corrected chi connectivity index (χ3v) is 4.25. The van der Waals surface area contributed by atoms with Crippen LogP contribution in [0.1, 0.15) is 12.0 Å². The molecule has 1 amide bonds. The molecule has 7 heteroatoms. The van der Waals surface area contributed by atoms with Gasteiger partial charge in [0.25, 0.3) is 0 Å². The summed E-state index contributed by atoms with van der Waals surface area (Å²) in [6, 6.07) is 8.94. The first-order valence-electron chi connectivity index (χ1n) is 7.43. The number of aliphatic carboxylic acids is 1. The molecule has 1 fully saturated rings. The summed E-state index contributed by atoms with van der Waals surface area (Å²) in [5, 5.41) is 19.1. The number of benzene rings is 1. The second-order valence-electron chi connectivity index (χ2n) is 5.70. The van der Waals surface area contributed by atoms with Gasteiger partial charge < -0.3 is 19.8 Å². The molecule has 0 aliphatic carbocycles. The maximum absolute atomic E-state index is 12.1. The molecule has 1 atom stereocenters. The molecule has 1 aliphatic rings. The van der Waals surface area contributed by atoms with Crippen molar-refractivity contribution in [1.29, 1.82) is 0 Å². The number of carbonyl (C=O) groups is 3. The molecule has 0 radical (unpaired) electrons. The molecule has 7 nitrogen and oxygen atoms in total. The highest BCUT2D eigenvalue weighted by molar-refractivity contribution is 5.87. The fourth-order valence-corrected chi connectivity index (χ4v) is 2.97. The summed E-state index contributed by atoms with van der Waals surface area (Å²) in [5.41, 5.74) is -0.363. The van der Waals surface area contributed by atoms with E-state index < -0.39 is 23.4 Å². The molecule has 1 saturated heterocycles. The van der Waals surface area contributed by atoms with Crippen LogP contribution in [0.4, 0.5) is 4.79 Å². The van der Waals surface area contributed by atoms with Gasteiger partial charge in [-0.25, -0.2) is 9.59 Å². The Kier molecular flexibility index (Phi) is 5.23. The van der Waals surface area contributed by atoms with Crippen molar-refractivity contribution in [2.75, 3.05) is 20.2 Å². The van der Waals surface area contributed by atoms with Crippen molar-refractivity contribution in [2.45, 2.75) is 12.8 Å². The number of carboxylic acids is 1. The Balaban J connectivity index is 2.49. The van der Waals surface area contributed by atoms with Crippen LogP contribution in [-0.4, -0.2) is 53.3 Å². The molecule has 0 aromatic heterocycles. The van der Waals surface area contributed by atoms with E-state index in [1.807, 2.05) is 6.07 Å². The lowest BCUT2D eigenvalue weighted by atomic mass is 9.71. The van der Waals surface area contributed by atoms with Gasteiger partial charge in [-0.15, -0.1) is 0 Å². The summed E-state index contributed by atoms with van der Waals surface area (Å²) in [6.07, 6.45) is 0.262. The first-order chi connectivity index (χ1) is 11.4. The van der Waals surface area contributed by atoms with Crippen LogP contribution in [0.25, 0.3) is 0 Å². The highest BCUT2D eigenvalue weighted by atomic mass is 16.5. The highest BCUT2D eigenvalue weighted by Gasteiger charge is 2.47. The van der Waals surface area contributed by atoms with Crippen LogP contribution in [0.2, 0.25) is 0 Å². The van der Waals surface area contributed by atoms with Gasteiger partial charge in [-0.3, -0.25) is 4.79 Å². The van der Waals surface area contributed by atoms with Crippen LogP contribution in [-0.2, 0) is 20.7 Å². The number of esters is 1. The molecule has 2 rings (SSSR count). The van der Waals surface area contributed by atoms with Gasteiger partial charge in [0.05, 0.1) is 7.11 Å². The van der Waals surface area contributed by atoms with E-state index in [-0.39, 0.29) is 25.9 Å². The van der Waals surface area contributed by atoms with Gasteiger partial charge in [0.2, 0.25) is 0 Å². The smallest absolute Gasteiger partial charge is 0.407 e. The number of rotatable bonds is 4. The lowest BCUT2D eigenvalue weighted by molar-refractivity contribution is -0.148. The highest BCUT2D eigenvalue weighted by Crippen LogP contribution is 2.39. The summed E-state index contributed by atoms with van der Waals surface area (Å²) in [5.74, 6) is -1.81. The van der Waals surface area contributed by atoms with Crippen LogP contribution in [0, 0.1) is 5.41 Å². The molecule has 1 aliphatic heterocycles. The summed E-state index contributed by atoms with van der Waals surface area (Å²) < 4.78 is 4.61. The number of likely N-dealkylation sites (tertiary alicyclic amines) is 1. The summed E-state index contributed by atoms with van der Waals surface area (Å²) >= 11 is 0. The molecular weight excluding hydrogens is 314 g/mol. The standard InChI is InChI=1S/C17H19NO6/c1-24-14(19)9-13-7-8-18(16(22)23)11-17(13,15(20)21)10-12-5-3-2-4-6-12/h2-6,9H,7-8,10-11H2,1H3,(H,20,21)(H,22,23). The topological polar surface area (TPSA) is 104 Å².